The van der Waals surface area contributed by atoms with Crippen molar-refractivity contribution >= 4 is 29.8 Å². The summed E-state index contributed by atoms with van der Waals surface area (Å²) in [6, 6.07) is 0.0206. The maximum Gasteiger partial charge on any atom is 0.247 e. The number of aliphatic hydroxyl groups excluding tert-OH is 1. The number of carbonyl (C=O) groups excluding carboxylic acids is 1. The van der Waals surface area contributed by atoms with Crippen LogP contribution in [0, 0.1) is 0 Å². The SMILES string of the molecule is C=N/C(=C\C=C(/C)c1cnc2c(n1)N([C@H]1CC[C@H](O)CC1)C(=O)CN2)C(C)(C)O. The van der Waals surface area contributed by atoms with Gasteiger partial charge in [-0.25, -0.2) is 9.97 Å². The van der Waals surface area contributed by atoms with Crippen molar-refractivity contribution in [3.05, 3.63) is 29.7 Å². The third-order valence-corrected chi connectivity index (χ3v) is 5.38. The minimum atomic E-state index is -1.10. The first-order valence-corrected chi connectivity index (χ1v) is 9.90. The fraction of sp³-hybridized carbons (Fsp3) is 0.524. The van der Waals surface area contributed by atoms with E-state index in [1.54, 1.807) is 37.1 Å². The molecule has 2 aliphatic rings. The van der Waals surface area contributed by atoms with Gasteiger partial charge in [0.1, 0.15) is 5.60 Å². The highest BCUT2D eigenvalue weighted by Gasteiger charge is 2.34. The highest BCUT2D eigenvalue weighted by molar-refractivity contribution is 6.01. The molecule has 1 aromatic heterocycles. The standard InChI is InChI=1S/C21H29N5O3/c1-13(5-10-17(22-4)21(2,3)29)16-11-23-19-20(25-16)26(18(28)12-24-19)14-6-8-15(27)9-7-14/h5,10-11,14-15,27,29H,4,6-9,12H2,1-3H3,(H,23,24)/b13-5+,17-10-/t14-,15-. The Labute approximate surface area is 171 Å². The maximum absolute atomic E-state index is 12.6. The zero-order chi connectivity index (χ0) is 21.2. The van der Waals surface area contributed by atoms with Gasteiger partial charge in [0.05, 0.1) is 30.2 Å². The Morgan fingerprint density at radius 2 is 2.03 bits per heavy atom. The molecule has 156 valence electrons. The fourth-order valence-electron chi connectivity index (χ4n) is 3.66. The minimum Gasteiger partial charge on any atom is -0.393 e. The van der Waals surface area contributed by atoms with Crippen LogP contribution in [0.15, 0.2) is 29.0 Å². The number of hydrogen-bond donors (Lipinski definition) is 3. The van der Waals surface area contributed by atoms with Gasteiger partial charge < -0.3 is 15.5 Å². The highest BCUT2D eigenvalue weighted by atomic mass is 16.3. The summed E-state index contributed by atoms with van der Waals surface area (Å²) < 4.78 is 0. The summed E-state index contributed by atoms with van der Waals surface area (Å²) in [5, 5.41) is 22.9. The number of rotatable bonds is 5. The second-order valence-electron chi connectivity index (χ2n) is 8.13. The van der Waals surface area contributed by atoms with E-state index in [2.05, 4.69) is 22.0 Å². The Kier molecular flexibility index (Phi) is 6.14. The zero-order valence-corrected chi connectivity index (χ0v) is 17.2. The van der Waals surface area contributed by atoms with Gasteiger partial charge in [-0.3, -0.25) is 14.7 Å². The van der Waals surface area contributed by atoms with Crippen LogP contribution in [-0.2, 0) is 4.79 Å². The van der Waals surface area contributed by atoms with Crippen molar-refractivity contribution in [2.24, 2.45) is 4.99 Å². The fourth-order valence-corrected chi connectivity index (χ4v) is 3.66. The summed E-state index contributed by atoms with van der Waals surface area (Å²) in [4.78, 5) is 27.5. The van der Waals surface area contributed by atoms with Crippen LogP contribution in [0.4, 0.5) is 11.6 Å². The molecule has 1 saturated carbocycles. The van der Waals surface area contributed by atoms with Crippen molar-refractivity contribution in [3.63, 3.8) is 0 Å². The molecule has 1 aliphatic heterocycles. The van der Waals surface area contributed by atoms with Gasteiger partial charge in [0.25, 0.3) is 0 Å². The van der Waals surface area contributed by atoms with Crippen LogP contribution >= 0.6 is 0 Å². The molecule has 0 atom stereocenters. The second-order valence-corrected chi connectivity index (χ2v) is 8.13. The van der Waals surface area contributed by atoms with Crippen LogP contribution in [0.5, 0.6) is 0 Å². The topological polar surface area (TPSA) is 111 Å². The number of aromatic nitrogens is 2. The van der Waals surface area contributed by atoms with E-state index in [0.717, 1.165) is 18.4 Å². The molecule has 0 radical (unpaired) electrons. The molecule has 29 heavy (non-hydrogen) atoms. The number of allylic oxidation sites excluding steroid dienone is 3. The molecular weight excluding hydrogens is 370 g/mol. The minimum absolute atomic E-state index is 0.0206. The average molecular weight is 399 g/mol. The molecule has 8 nitrogen and oxygen atoms in total. The van der Waals surface area contributed by atoms with Gasteiger partial charge in [-0.15, -0.1) is 0 Å². The second kappa shape index (κ2) is 8.42. The predicted molar refractivity (Wildman–Crippen MR) is 114 cm³/mol. The Morgan fingerprint density at radius 3 is 2.66 bits per heavy atom. The molecule has 0 saturated heterocycles. The van der Waals surface area contributed by atoms with Crippen molar-refractivity contribution in [3.8, 4) is 0 Å². The number of amides is 1. The quantitative estimate of drug-likeness (QED) is 0.518. The van der Waals surface area contributed by atoms with E-state index >= 15 is 0 Å². The molecule has 2 heterocycles. The maximum atomic E-state index is 12.6. The molecule has 1 aliphatic carbocycles. The lowest BCUT2D eigenvalue weighted by Crippen LogP contribution is -2.49. The molecule has 1 amide bonds. The molecule has 0 unspecified atom stereocenters. The lowest BCUT2D eigenvalue weighted by Gasteiger charge is -2.38. The lowest BCUT2D eigenvalue weighted by molar-refractivity contribution is -0.118. The summed E-state index contributed by atoms with van der Waals surface area (Å²) in [6.45, 7) is 8.87. The number of fused-ring (bicyclic) bond motifs is 1. The zero-order valence-electron chi connectivity index (χ0n) is 17.2. The molecule has 1 aromatic rings. The lowest BCUT2D eigenvalue weighted by atomic mass is 9.91. The molecule has 0 bridgehead atoms. The van der Waals surface area contributed by atoms with Gasteiger partial charge in [0.15, 0.2) is 11.6 Å². The normalized spacial score (nSPS) is 23.5. The molecule has 3 N–H and O–H groups in total. The molecule has 0 aromatic carbocycles. The van der Waals surface area contributed by atoms with E-state index in [0.29, 0.717) is 35.9 Å². The first-order chi connectivity index (χ1) is 13.7. The Balaban J connectivity index is 1.92. The predicted octanol–water partition coefficient (Wildman–Crippen LogP) is 2.30. The van der Waals surface area contributed by atoms with Crippen LogP contribution in [0.25, 0.3) is 5.57 Å². The van der Waals surface area contributed by atoms with Gasteiger partial charge in [-0.1, -0.05) is 6.08 Å². The van der Waals surface area contributed by atoms with Gasteiger partial charge in [0, 0.05) is 6.04 Å². The first kappa shape index (κ1) is 21.1. The number of aliphatic imine (C=N–C) groups is 1. The monoisotopic (exact) mass is 399 g/mol. The van der Waals surface area contributed by atoms with Crippen LogP contribution in [0.3, 0.4) is 0 Å². The van der Waals surface area contributed by atoms with Crippen molar-refractivity contribution in [1.82, 2.24) is 9.97 Å². The van der Waals surface area contributed by atoms with E-state index in [1.165, 1.54) is 0 Å². The van der Waals surface area contributed by atoms with Crippen LogP contribution in [0.1, 0.15) is 52.1 Å². The molecule has 3 rings (SSSR count). The molecular formula is C21H29N5O3. The Hall–Kier alpha value is -2.58. The van der Waals surface area contributed by atoms with Gasteiger partial charge in [-0.05, 0) is 64.8 Å². The summed E-state index contributed by atoms with van der Waals surface area (Å²) in [6.07, 6.45) is 7.73. The first-order valence-electron chi connectivity index (χ1n) is 9.90. The Bertz CT molecular complexity index is 848. The summed E-state index contributed by atoms with van der Waals surface area (Å²) in [5.41, 5.74) is 0.805. The van der Waals surface area contributed by atoms with E-state index in [-0.39, 0.29) is 24.6 Å². The smallest absolute Gasteiger partial charge is 0.247 e. The number of nitrogens with one attached hydrogen (secondary N) is 1. The number of aliphatic hydroxyl groups is 2. The molecule has 8 heteroatoms. The summed E-state index contributed by atoms with van der Waals surface area (Å²) in [5.74, 6) is 1.08. The molecule has 1 fully saturated rings. The van der Waals surface area contributed by atoms with E-state index in [9.17, 15) is 15.0 Å². The van der Waals surface area contributed by atoms with Crippen molar-refractivity contribution < 1.29 is 15.0 Å². The van der Waals surface area contributed by atoms with Gasteiger partial charge >= 0.3 is 0 Å². The van der Waals surface area contributed by atoms with E-state index in [1.807, 2.05) is 6.92 Å². The van der Waals surface area contributed by atoms with Crippen molar-refractivity contribution in [1.29, 1.82) is 0 Å². The highest BCUT2D eigenvalue weighted by Crippen LogP contribution is 2.33. The summed E-state index contributed by atoms with van der Waals surface area (Å²) in [7, 11) is 0. The Morgan fingerprint density at radius 1 is 1.34 bits per heavy atom. The van der Waals surface area contributed by atoms with E-state index < -0.39 is 5.60 Å². The number of anilines is 2. The van der Waals surface area contributed by atoms with Crippen molar-refractivity contribution in [2.45, 2.75) is 64.2 Å². The molecule has 0 spiro atoms. The number of carbonyl (C=O) groups is 1. The van der Waals surface area contributed by atoms with Crippen LogP contribution in [0.2, 0.25) is 0 Å². The van der Waals surface area contributed by atoms with Crippen LogP contribution < -0.4 is 10.2 Å². The van der Waals surface area contributed by atoms with Gasteiger partial charge in [-0.2, -0.15) is 0 Å². The number of nitrogens with zero attached hydrogens (tertiary/aromatic N) is 4. The number of hydrogen-bond acceptors (Lipinski definition) is 7. The third-order valence-electron chi connectivity index (χ3n) is 5.38. The average Bonchev–Trinajstić information content (AvgIpc) is 2.67. The van der Waals surface area contributed by atoms with Gasteiger partial charge in [0.2, 0.25) is 5.91 Å². The third kappa shape index (κ3) is 4.71. The van der Waals surface area contributed by atoms with Crippen LogP contribution in [-0.4, -0.2) is 57.1 Å². The largest absolute Gasteiger partial charge is 0.393 e. The van der Waals surface area contributed by atoms with E-state index in [4.69, 9.17) is 4.98 Å². The van der Waals surface area contributed by atoms with Crippen molar-refractivity contribution in [2.75, 3.05) is 16.8 Å². The summed E-state index contributed by atoms with van der Waals surface area (Å²) >= 11 is 0.